The Labute approximate surface area is 82.1 Å². The molecule has 0 N–H and O–H groups in total. The first-order valence-corrected chi connectivity index (χ1v) is 4.58. The molecule has 5 heteroatoms. The maximum atomic E-state index is 12.0. The number of alkyl halides is 3. The number of hydrogen-bond donors (Lipinski definition) is 0. The first kappa shape index (κ1) is 13.3. The standard InChI is InChI=1S/C9H16F3NO/c1-4-7(2)5-13(8(3)14)6-9(10,11)12/h7H,4-6H2,1-3H3/t7-/m0/s1. The van der Waals surface area contributed by atoms with Crippen LogP contribution >= 0.6 is 0 Å². The molecule has 1 amide bonds. The first-order valence-electron chi connectivity index (χ1n) is 4.58. The zero-order chi connectivity index (χ0) is 11.4. The minimum Gasteiger partial charge on any atom is -0.334 e. The summed E-state index contributed by atoms with van der Waals surface area (Å²) in [5.41, 5.74) is 0. The quantitative estimate of drug-likeness (QED) is 0.699. The lowest BCUT2D eigenvalue weighted by Gasteiger charge is -2.25. The van der Waals surface area contributed by atoms with Gasteiger partial charge >= 0.3 is 6.18 Å². The molecular formula is C9H16F3NO. The Hall–Kier alpha value is -0.740. The molecule has 0 bridgehead atoms. The van der Waals surface area contributed by atoms with Crippen LogP contribution in [0.5, 0.6) is 0 Å². The van der Waals surface area contributed by atoms with Crippen molar-refractivity contribution in [2.75, 3.05) is 13.1 Å². The molecule has 0 rings (SSSR count). The number of hydrogen-bond acceptors (Lipinski definition) is 1. The van der Waals surface area contributed by atoms with Gasteiger partial charge in [0, 0.05) is 13.5 Å². The Morgan fingerprint density at radius 3 is 2.21 bits per heavy atom. The summed E-state index contributed by atoms with van der Waals surface area (Å²) in [6.07, 6.45) is -3.54. The Morgan fingerprint density at radius 1 is 1.43 bits per heavy atom. The van der Waals surface area contributed by atoms with Gasteiger partial charge in [0.05, 0.1) is 0 Å². The molecular weight excluding hydrogens is 195 g/mol. The van der Waals surface area contributed by atoms with Gasteiger partial charge in [-0.15, -0.1) is 0 Å². The molecule has 0 aliphatic carbocycles. The van der Waals surface area contributed by atoms with Crippen LogP contribution in [0.25, 0.3) is 0 Å². The molecule has 0 aliphatic rings. The molecule has 2 nitrogen and oxygen atoms in total. The Morgan fingerprint density at radius 2 is 1.93 bits per heavy atom. The summed E-state index contributed by atoms with van der Waals surface area (Å²) in [6, 6.07) is 0. The first-order chi connectivity index (χ1) is 6.26. The summed E-state index contributed by atoms with van der Waals surface area (Å²) in [5, 5.41) is 0. The highest BCUT2D eigenvalue weighted by atomic mass is 19.4. The van der Waals surface area contributed by atoms with Gasteiger partial charge in [0.15, 0.2) is 0 Å². The number of nitrogens with zero attached hydrogens (tertiary/aromatic N) is 1. The molecule has 84 valence electrons. The average molecular weight is 211 g/mol. The van der Waals surface area contributed by atoms with E-state index in [-0.39, 0.29) is 12.5 Å². The van der Waals surface area contributed by atoms with Crippen LogP contribution in [-0.4, -0.2) is 30.1 Å². The van der Waals surface area contributed by atoms with E-state index in [2.05, 4.69) is 0 Å². The smallest absolute Gasteiger partial charge is 0.334 e. The van der Waals surface area contributed by atoms with Crippen LogP contribution in [0, 0.1) is 5.92 Å². The predicted molar refractivity (Wildman–Crippen MR) is 47.8 cm³/mol. The lowest BCUT2D eigenvalue weighted by Crippen LogP contribution is -2.40. The van der Waals surface area contributed by atoms with Crippen molar-refractivity contribution in [3.8, 4) is 0 Å². The molecule has 0 unspecified atom stereocenters. The van der Waals surface area contributed by atoms with Crippen molar-refractivity contribution in [2.45, 2.75) is 33.4 Å². The minimum absolute atomic E-state index is 0.0984. The van der Waals surface area contributed by atoms with Crippen LogP contribution in [0.1, 0.15) is 27.2 Å². The van der Waals surface area contributed by atoms with E-state index in [1.54, 1.807) is 0 Å². The van der Waals surface area contributed by atoms with Crippen LogP contribution in [0.2, 0.25) is 0 Å². The zero-order valence-electron chi connectivity index (χ0n) is 8.69. The summed E-state index contributed by atoms with van der Waals surface area (Å²) < 4.78 is 36.1. The lowest BCUT2D eigenvalue weighted by molar-refractivity contribution is -0.160. The van der Waals surface area contributed by atoms with Gasteiger partial charge in [-0.25, -0.2) is 0 Å². The summed E-state index contributed by atoms with van der Waals surface area (Å²) in [5.74, 6) is -0.427. The van der Waals surface area contributed by atoms with Crippen LogP contribution in [0.3, 0.4) is 0 Å². The molecule has 0 aromatic heterocycles. The van der Waals surface area contributed by atoms with E-state index in [9.17, 15) is 18.0 Å². The summed E-state index contributed by atoms with van der Waals surface area (Å²) >= 11 is 0. The van der Waals surface area contributed by atoms with E-state index in [0.29, 0.717) is 0 Å². The average Bonchev–Trinajstić information content (AvgIpc) is 2.00. The van der Waals surface area contributed by atoms with Gasteiger partial charge in [-0.2, -0.15) is 13.2 Å². The van der Waals surface area contributed by atoms with E-state index in [0.717, 1.165) is 18.2 Å². The molecule has 0 radical (unpaired) electrons. The fourth-order valence-electron chi connectivity index (χ4n) is 1.03. The van der Waals surface area contributed by atoms with Gasteiger partial charge in [0.2, 0.25) is 5.91 Å². The molecule has 0 saturated heterocycles. The van der Waals surface area contributed by atoms with Gasteiger partial charge in [0.1, 0.15) is 6.54 Å². The molecule has 0 spiro atoms. The summed E-state index contributed by atoms with van der Waals surface area (Å²) in [4.78, 5) is 11.7. The molecule has 14 heavy (non-hydrogen) atoms. The third-order valence-corrected chi connectivity index (χ3v) is 2.04. The van der Waals surface area contributed by atoms with Gasteiger partial charge in [0.25, 0.3) is 0 Å². The number of halogens is 3. The Bertz CT molecular complexity index is 191. The normalized spacial score (nSPS) is 13.9. The zero-order valence-corrected chi connectivity index (χ0v) is 8.69. The van der Waals surface area contributed by atoms with E-state index in [1.165, 1.54) is 0 Å². The lowest BCUT2D eigenvalue weighted by atomic mass is 10.1. The molecule has 0 heterocycles. The second kappa shape index (κ2) is 5.22. The molecule has 0 fully saturated rings. The maximum Gasteiger partial charge on any atom is 0.406 e. The van der Waals surface area contributed by atoms with E-state index >= 15 is 0 Å². The van der Waals surface area contributed by atoms with Gasteiger partial charge in [-0.1, -0.05) is 20.3 Å². The van der Waals surface area contributed by atoms with Gasteiger partial charge < -0.3 is 4.90 Å². The van der Waals surface area contributed by atoms with E-state index < -0.39 is 18.6 Å². The fourth-order valence-corrected chi connectivity index (χ4v) is 1.03. The molecule has 0 saturated carbocycles. The van der Waals surface area contributed by atoms with Crippen molar-refractivity contribution in [2.24, 2.45) is 5.92 Å². The van der Waals surface area contributed by atoms with Crippen LogP contribution in [0.15, 0.2) is 0 Å². The minimum atomic E-state index is -4.31. The monoisotopic (exact) mass is 211 g/mol. The highest BCUT2D eigenvalue weighted by molar-refractivity contribution is 5.73. The fraction of sp³-hybridized carbons (Fsp3) is 0.889. The van der Waals surface area contributed by atoms with Crippen molar-refractivity contribution in [1.29, 1.82) is 0 Å². The summed E-state index contributed by atoms with van der Waals surface area (Å²) in [7, 11) is 0. The topological polar surface area (TPSA) is 20.3 Å². The van der Waals surface area contributed by atoms with Crippen molar-refractivity contribution in [3.63, 3.8) is 0 Å². The van der Waals surface area contributed by atoms with Crippen LogP contribution < -0.4 is 0 Å². The number of carbonyl (C=O) groups is 1. The predicted octanol–water partition coefficient (Wildman–Crippen LogP) is 2.44. The van der Waals surface area contributed by atoms with Crippen molar-refractivity contribution < 1.29 is 18.0 Å². The van der Waals surface area contributed by atoms with Crippen LogP contribution in [0.4, 0.5) is 13.2 Å². The Balaban J connectivity index is 4.24. The van der Waals surface area contributed by atoms with Crippen molar-refractivity contribution in [3.05, 3.63) is 0 Å². The third kappa shape index (κ3) is 5.83. The number of amides is 1. The molecule has 0 aliphatic heterocycles. The molecule has 0 aromatic carbocycles. The van der Waals surface area contributed by atoms with E-state index in [1.807, 2.05) is 13.8 Å². The second-order valence-corrected chi connectivity index (χ2v) is 3.53. The summed E-state index contributed by atoms with van der Waals surface area (Å²) in [6.45, 7) is 3.90. The van der Waals surface area contributed by atoms with Gasteiger partial charge in [-0.05, 0) is 5.92 Å². The largest absolute Gasteiger partial charge is 0.406 e. The van der Waals surface area contributed by atoms with Gasteiger partial charge in [-0.3, -0.25) is 4.79 Å². The SMILES string of the molecule is CC[C@H](C)CN(CC(F)(F)F)C(C)=O. The van der Waals surface area contributed by atoms with E-state index in [4.69, 9.17) is 0 Å². The van der Waals surface area contributed by atoms with Crippen LogP contribution in [-0.2, 0) is 4.79 Å². The maximum absolute atomic E-state index is 12.0. The highest BCUT2D eigenvalue weighted by Crippen LogP contribution is 2.17. The second-order valence-electron chi connectivity index (χ2n) is 3.53. The Kier molecular flexibility index (Phi) is 4.94. The third-order valence-electron chi connectivity index (χ3n) is 2.04. The van der Waals surface area contributed by atoms with Crippen molar-refractivity contribution in [1.82, 2.24) is 4.90 Å². The molecule has 0 aromatic rings. The molecule has 1 atom stereocenters. The number of rotatable bonds is 4. The highest BCUT2D eigenvalue weighted by Gasteiger charge is 2.32. The van der Waals surface area contributed by atoms with Crippen molar-refractivity contribution >= 4 is 5.91 Å². The number of carbonyl (C=O) groups excluding carboxylic acids is 1.